The molecule has 0 aromatic heterocycles. The van der Waals surface area contributed by atoms with Crippen molar-refractivity contribution in [1.29, 1.82) is 0 Å². The van der Waals surface area contributed by atoms with Crippen molar-refractivity contribution in [3.05, 3.63) is 48.6 Å². The zero-order valence-electron chi connectivity index (χ0n) is 8.16. The van der Waals surface area contributed by atoms with E-state index >= 15 is 0 Å². The van der Waals surface area contributed by atoms with Crippen molar-refractivity contribution in [2.45, 2.75) is 19.4 Å². The van der Waals surface area contributed by atoms with E-state index in [1.807, 2.05) is 12.1 Å². The molecule has 1 atom stereocenters. The average Bonchev–Trinajstić information content (AvgIpc) is 2.19. The summed E-state index contributed by atoms with van der Waals surface area (Å²) in [6, 6.07) is 10.9. The fourth-order valence-corrected chi connectivity index (χ4v) is 1.44. The van der Waals surface area contributed by atoms with Gasteiger partial charge in [0.15, 0.2) is 0 Å². The van der Waals surface area contributed by atoms with Crippen LogP contribution in [0.5, 0.6) is 0 Å². The topological polar surface area (TPSA) is 12.0 Å². The largest absolute Gasteiger partial charge is 0.310 e. The van der Waals surface area contributed by atoms with E-state index in [4.69, 9.17) is 0 Å². The molecule has 0 aliphatic rings. The van der Waals surface area contributed by atoms with Crippen LogP contribution in [-0.4, -0.2) is 6.54 Å². The molecule has 0 spiro atoms. The summed E-state index contributed by atoms with van der Waals surface area (Å²) in [6.07, 6.45) is 2.94. The van der Waals surface area contributed by atoms with E-state index < -0.39 is 0 Å². The number of hydrogen-bond donors (Lipinski definition) is 1. The van der Waals surface area contributed by atoms with Crippen LogP contribution < -0.4 is 5.32 Å². The van der Waals surface area contributed by atoms with Crippen molar-refractivity contribution in [1.82, 2.24) is 5.32 Å². The van der Waals surface area contributed by atoms with Crippen molar-refractivity contribution >= 4 is 0 Å². The van der Waals surface area contributed by atoms with Gasteiger partial charge in [-0.25, -0.2) is 0 Å². The van der Waals surface area contributed by atoms with Gasteiger partial charge in [-0.1, -0.05) is 43.3 Å². The summed E-state index contributed by atoms with van der Waals surface area (Å²) < 4.78 is 0. The minimum absolute atomic E-state index is 0.420. The van der Waals surface area contributed by atoms with Gasteiger partial charge in [0.05, 0.1) is 0 Å². The number of nitrogens with one attached hydrogen (secondary N) is 1. The summed E-state index contributed by atoms with van der Waals surface area (Å²) in [7, 11) is 0. The molecular weight excluding hydrogens is 158 g/mol. The summed E-state index contributed by atoms with van der Waals surface area (Å²) in [6.45, 7) is 6.89. The summed E-state index contributed by atoms with van der Waals surface area (Å²) in [4.78, 5) is 0. The molecule has 0 aliphatic carbocycles. The van der Waals surface area contributed by atoms with Crippen LogP contribution >= 0.6 is 0 Å². The third kappa shape index (κ3) is 3.03. The Morgan fingerprint density at radius 3 is 2.62 bits per heavy atom. The standard InChI is InChI=1S/C12H17N/c1-3-8-12(13-4-2)11-9-6-5-7-10-11/h3,5-7,9-10,12-13H,1,4,8H2,2H3. The normalized spacial score (nSPS) is 12.4. The molecule has 0 amide bonds. The first-order valence-electron chi connectivity index (χ1n) is 4.77. The van der Waals surface area contributed by atoms with Gasteiger partial charge in [0.1, 0.15) is 0 Å². The molecule has 0 radical (unpaired) electrons. The van der Waals surface area contributed by atoms with Gasteiger partial charge in [0.2, 0.25) is 0 Å². The van der Waals surface area contributed by atoms with Crippen molar-refractivity contribution in [2.24, 2.45) is 0 Å². The molecule has 0 fully saturated rings. The molecule has 0 heterocycles. The van der Waals surface area contributed by atoms with E-state index in [1.54, 1.807) is 0 Å². The van der Waals surface area contributed by atoms with Crippen LogP contribution in [0.15, 0.2) is 43.0 Å². The Bertz CT molecular complexity index is 241. The molecule has 1 nitrogen and oxygen atoms in total. The van der Waals surface area contributed by atoms with Crippen molar-refractivity contribution in [3.8, 4) is 0 Å². The third-order valence-corrected chi connectivity index (χ3v) is 2.05. The highest BCUT2D eigenvalue weighted by molar-refractivity contribution is 5.19. The Morgan fingerprint density at radius 1 is 1.38 bits per heavy atom. The summed E-state index contributed by atoms with van der Waals surface area (Å²) in [5.41, 5.74) is 1.34. The van der Waals surface area contributed by atoms with Crippen LogP contribution in [0.2, 0.25) is 0 Å². The molecule has 1 unspecified atom stereocenters. The van der Waals surface area contributed by atoms with Crippen LogP contribution in [0.4, 0.5) is 0 Å². The average molecular weight is 175 g/mol. The first-order chi connectivity index (χ1) is 6.38. The van der Waals surface area contributed by atoms with Crippen LogP contribution in [0.25, 0.3) is 0 Å². The SMILES string of the molecule is C=CCC(NCC)c1ccccc1. The lowest BCUT2D eigenvalue weighted by atomic mass is 10.0. The molecule has 0 aliphatic heterocycles. The smallest absolute Gasteiger partial charge is 0.0354 e. The monoisotopic (exact) mass is 175 g/mol. The second kappa shape index (κ2) is 5.55. The van der Waals surface area contributed by atoms with E-state index in [9.17, 15) is 0 Å². The van der Waals surface area contributed by atoms with Crippen LogP contribution in [0, 0.1) is 0 Å². The molecule has 1 heteroatoms. The lowest BCUT2D eigenvalue weighted by molar-refractivity contribution is 0.559. The van der Waals surface area contributed by atoms with Crippen molar-refractivity contribution in [3.63, 3.8) is 0 Å². The Kier molecular flexibility index (Phi) is 4.27. The van der Waals surface area contributed by atoms with E-state index in [0.29, 0.717) is 6.04 Å². The first-order valence-corrected chi connectivity index (χ1v) is 4.77. The van der Waals surface area contributed by atoms with Crippen molar-refractivity contribution < 1.29 is 0 Å². The van der Waals surface area contributed by atoms with Crippen molar-refractivity contribution in [2.75, 3.05) is 6.54 Å². The van der Waals surface area contributed by atoms with Gasteiger partial charge in [-0.3, -0.25) is 0 Å². The molecule has 1 aromatic rings. The highest BCUT2D eigenvalue weighted by atomic mass is 14.9. The molecule has 0 saturated carbocycles. The van der Waals surface area contributed by atoms with Gasteiger partial charge in [0, 0.05) is 6.04 Å². The van der Waals surface area contributed by atoms with E-state index in [-0.39, 0.29) is 0 Å². The highest BCUT2D eigenvalue weighted by Gasteiger charge is 2.06. The molecule has 1 N–H and O–H groups in total. The quantitative estimate of drug-likeness (QED) is 0.678. The maximum absolute atomic E-state index is 3.77. The maximum Gasteiger partial charge on any atom is 0.0354 e. The van der Waals surface area contributed by atoms with Gasteiger partial charge in [-0.15, -0.1) is 6.58 Å². The van der Waals surface area contributed by atoms with Crippen LogP contribution in [-0.2, 0) is 0 Å². The highest BCUT2D eigenvalue weighted by Crippen LogP contribution is 2.15. The fourth-order valence-electron chi connectivity index (χ4n) is 1.44. The number of hydrogen-bond acceptors (Lipinski definition) is 1. The number of benzene rings is 1. The molecule has 0 saturated heterocycles. The van der Waals surface area contributed by atoms with Gasteiger partial charge in [-0.2, -0.15) is 0 Å². The summed E-state index contributed by atoms with van der Waals surface area (Å²) in [5, 5.41) is 3.43. The van der Waals surface area contributed by atoms with Gasteiger partial charge >= 0.3 is 0 Å². The Morgan fingerprint density at radius 2 is 2.08 bits per heavy atom. The molecule has 13 heavy (non-hydrogen) atoms. The Balaban J connectivity index is 2.69. The molecule has 1 aromatic carbocycles. The second-order valence-corrected chi connectivity index (χ2v) is 3.05. The van der Waals surface area contributed by atoms with Gasteiger partial charge in [-0.05, 0) is 18.5 Å². The first kappa shape index (κ1) is 10.0. The lowest BCUT2D eigenvalue weighted by Crippen LogP contribution is -2.20. The third-order valence-electron chi connectivity index (χ3n) is 2.05. The molecular formula is C12H17N. The van der Waals surface area contributed by atoms with Gasteiger partial charge < -0.3 is 5.32 Å². The molecule has 70 valence electrons. The van der Waals surface area contributed by atoms with Gasteiger partial charge in [0.25, 0.3) is 0 Å². The Hall–Kier alpha value is -1.08. The minimum atomic E-state index is 0.420. The fraction of sp³-hybridized carbons (Fsp3) is 0.333. The van der Waals surface area contributed by atoms with E-state index in [2.05, 4.69) is 43.1 Å². The maximum atomic E-state index is 3.77. The summed E-state index contributed by atoms with van der Waals surface area (Å²) in [5.74, 6) is 0. The summed E-state index contributed by atoms with van der Waals surface area (Å²) >= 11 is 0. The van der Waals surface area contributed by atoms with Crippen LogP contribution in [0.3, 0.4) is 0 Å². The Labute approximate surface area is 80.5 Å². The molecule has 1 rings (SSSR count). The second-order valence-electron chi connectivity index (χ2n) is 3.05. The lowest BCUT2D eigenvalue weighted by Gasteiger charge is -2.15. The van der Waals surface area contributed by atoms with E-state index in [1.165, 1.54) is 5.56 Å². The number of rotatable bonds is 5. The zero-order valence-corrected chi connectivity index (χ0v) is 8.16. The van der Waals surface area contributed by atoms with Crippen LogP contribution in [0.1, 0.15) is 24.9 Å². The minimum Gasteiger partial charge on any atom is -0.310 e. The predicted molar refractivity (Wildman–Crippen MR) is 57.7 cm³/mol. The zero-order chi connectivity index (χ0) is 9.52. The predicted octanol–water partition coefficient (Wildman–Crippen LogP) is 2.91. The van der Waals surface area contributed by atoms with E-state index in [0.717, 1.165) is 13.0 Å². The molecule has 0 bridgehead atoms.